The largest absolute Gasteiger partial charge is 0.464 e. The molecule has 0 heterocycles. The van der Waals surface area contributed by atoms with Crippen LogP contribution in [0.1, 0.15) is 44.4 Å². The van der Waals surface area contributed by atoms with Crippen LogP contribution >= 0.6 is 0 Å². The molecule has 5 nitrogen and oxygen atoms in total. The maximum Gasteiger partial charge on any atom is 0.408 e. The molecule has 0 aliphatic carbocycles. The number of esters is 1. The van der Waals surface area contributed by atoms with Crippen molar-refractivity contribution < 1.29 is 19.1 Å². The quantitative estimate of drug-likeness (QED) is 0.845. The second-order valence-corrected chi connectivity index (χ2v) is 6.53. The van der Waals surface area contributed by atoms with Crippen LogP contribution in [0.3, 0.4) is 0 Å². The van der Waals surface area contributed by atoms with E-state index in [4.69, 9.17) is 9.47 Å². The zero-order chi connectivity index (χ0) is 17.6. The molecule has 23 heavy (non-hydrogen) atoms. The topological polar surface area (TPSA) is 64.6 Å². The molecule has 1 amide bonds. The van der Waals surface area contributed by atoms with Crippen LogP contribution in [0.4, 0.5) is 4.79 Å². The van der Waals surface area contributed by atoms with E-state index in [2.05, 4.69) is 5.32 Å². The van der Waals surface area contributed by atoms with Gasteiger partial charge in [0.1, 0.15) is 11.6 Å². The van der Waals surface area contributed by atoms with Crippen LogP contribution < -0.4 is 5.32 Å². The predicted octanol–water partition coefficient (Wildman–Crippen LogP) is 3.30. The number of rotatable bonds is 5. The molecule has 1 N–H and O–H groups in total. The summed E-state index contributed by atoms with van der Waals surface area (Å²) in [5.74, 6) is -0.457. The standard InChI is InChI=1S/C18H27NO4/c1-7-22-16(20)15(19-17(21)23-18(4,5)6)11-14-12(2)9-8-10-13(14)3/h8-10,15H,7,11H2,1-6H3,(H,19,21). The molecule has 0 saturated carbocycles. The summed E-state index contributed by atoms with van der Waals surface area (Å²) in [7, 11) is 0. The van der Waals surface area contributed by atoms with Gasteiger partial charge in [-0.25, -0.2) is 9.59 Å². The van der Waals surface area contributed by atoms with Gasteiger partial charge in [-0.05, 0) is 58.2 Å². The second-order valence-electron chi connectivity index (χ2n) is 6.53. The number of benzene rings is 1. The third-order valence-corrected chi connectivity index (χ3v) is 3.31. The Labute approximate surface area is 138 Å². The third kappa shape index (κ3) is 6.30. The first kappa shape index (κ1) is 19.0. The lowest BCUT2D eigenvalue weighted by Crippen LogP contribution is -2.45. The number of carbonyl (C=O) groups excluding carboxylic acids is 2. The van der Waals surface area contributed by atoms with Gasteiger partial charge in [0.05, 0.1) is 6.61 Å². The smallest absolute Gasteiger partial charge is 0.408 e. The zero-order valence-electron chi connectivity index (χ0n) is 14.9. The molecule has 1 rings (SSSR count). The number of alkyl carbamates (subject to hydrolysis) is 1. The molecule has 0 bridgehead atoms. The molecule has 1 aromatic carbocycles. The van der Waals surface area contributed by atoms with E-state index < -0.39 is 23.7 Å². The minimum absolute atomic E-state index is 0.262. The third-order valence-electron chi connectivity index (χ3n) is 3.31. The van der Waals surface area contributed by atoms with Crippen molar-refractivity contribution in [1.82, 2.24) is 5.32 Å². The Morgan fingerprint density at radius 1 is 1.17 bits per heavy atom. The van der Waals surface area contributed by atoms with E-state index in [0.29, 0.717) is 6.42 Å². The van der Waals surface area contributed by atoms with E-state index in [-0.39, 0.29) is 6.61 Å². The van der Waals surface area contributed by atoms with Gasteiger partial charge in [0.25, 0.3) is 0 Å². The monoisotopic (exact) mass is 321 g/mol. The van der Waals surface area contributed by atoms with E-state index in [1.165, 1.54) is 0 Å². The second kappa shape index (κ2) is 7.99. The highest BCUT2D eigenvalue weighted by molar-refractivity contribution is 5.81. The molecule has 0 aliphatic heterocycles. The van der Waals surface area contributed by atoms with Crippen LogP contribution in [0, 0.1) is 13.8 Å². The number of aryl methyl sites for hydroxylation is 2. The Balaban J connectivity index is 2.93. The number of ether oxygens (including phenoxy) is 2. The van der Waals surface area contributed by atoms with Gasteiger partial charge < -0.3 is 14.8 Å². The fraction of sp³-hybridized carbons (Fsp3) is 0.556. The van der Waals surface area contributed by atoms with Crippen LogP contribution in [-0.4, -0.2) is 30.3 Å². The van der Waals surface area contributed by atoms with E-state index in [1.807, 2.05) is 32.0 Å². The molecular formula is C18H27NO4. The SMILES string of the molecule is CCOC(=O)C(Cc1c(C)cccc1C)NC(=O)OC(C)(C)C. The van der Waals surface area contributed by atoms with E-state index in [0.717, 1.165) is 16.7 Å². The lowest BCUT2D eigenvalue weighted by atomic mass is 9.96. The molecule has 0 fully saturated rings. The van der Waals surface area contributed by atoms with Crippen molar-refractivity contribution in [2.75, 3.05) is 6.61 Å². The highest BCUT2D eigenvalue weighted by Crippen LogP contribution is 2.16. The molecule has 1 unspecified atom stereocenters. The van der Waals surface area contributed by atoms with Crippen molar-refractivity contribution in [3.8, 4) is 0 Å². The maximum atomic E-state index is 12.2. The first-order valence-corrected chi connectivity index (χ1v) is 7.85. The van der Waals surface area contributed by atoms with Crippen LogP contribution in [0.25, 0.3) is 0 Å². The number of carbonyl (C=O) groups is 2. The summed E-state index contributed by atoms with van der Waals surface area (Å²) >= 11 is 0. The summed E-state index contributed by atoms with van der Waals surface area (Å²) in [6.07, 6.45) is -0.252. The number of hydrogen-bond acceptors (Lipinski definition) is 4. The Bertz CT molecular complexity index is 540. The van der Waals surface area contributed by atoms with E-state index >= 15 is 0 Å². The molecule has 0 radical (unpaired) electrons. The predicted molar refractivity (Wildman–Crippen MR) is 89.4 cm³/mol. The first-order chi connectivity index (χ1) is 10.6. The summed E-state index contributed by atoms with van der Waals surface area (Å²) in [5, 5.41) is 2.63. The Morgan fingerprint density at radius 3 is 2.22 bits per heavy atom. The molecule has 0 saturated heterocycles. The summed E-state index contributed by atoms with van der Waals surface area (Å²) in [4.78, 5) is 24.2. The van der Waals surface area contributed by atoms with Crippen LogP contribution in [-0.2, 0) is 20.7 Å². The Morgan fingerprint density at radius 2 is 1.74 bits per heavy atom. The molecule has 1 aromatic rings. The van der Waals surface area contributed by atoms with Gasteiger partial charge in [-0.2, -0.15) is 0 Å². The van der Waals surface area contributed by atoms with Crippen molar-refractivity contribution >= 4 is 12.1 Å². The lowest BCUT2D eigenvalue weighted by Gasteiger charge is -2.23. The normalized spacial score (nSPS) is 12.4. The number of amides is 1. The molecule has 1 atom stereocenters. The van der Waals surface area contributed by atoms with Gasteiger partial charge in [-0.15, -0.1) is 0 Å². The van der Waals surface area contributed by atoms with E-state index in [1.54, 1.807) is 27.7 Å². The minimum Gasteiger partial charge on any atom is -0.464 e. The highest BCUT2D eigenvalue weighted by Gasteiger charge is 2.26. The fourth-order valence-electron chi connectivity index (χ4n) is 2.26. The van der Waals surface area contributed by atoms with Crippen molar-refractivity contribution in [3.63, 3.8) is 0 Å². The first-order valence-electron chi connectivity index (χ1n) is 7.85. The molecule has 0 aromatic heterocycles. The summed E-state index contributed by atoms with van der Waals surface area (Å²) in [6, 6.07) is 5.16. The van der Waals surface area contributed by atoms with Crippen molar-refractivity contribution in [1.29, 1.82) is 0 Å². The van der Waals surface area contributed by atoms with E-state index in [9.17, 15) is 9.59 Å². The lowest BCUT2D eigenvalue weighted by molar-refractivity contribution is -0.145. The van der Waals surface area contributed by atoms with Crippen LogP contribution in [0.2, 0.25) is 0 Å². The molecule has 5 heteroatoms. The van der Waals surface area contributed by atoms with Gasteiger partial charge >= 0.3 is 12.1 Å². The molecule has 0 spiro atoms. The van der Waals surface area contributed by atoms with Gasteiger partial charge in [0, 0.05) is 6.42 Å². The van der Waals surface area contributed by atoms with Crippen molar-refractivity contribution in [3.05, 3.63) is 34.9 Å². The zero-order valence-corrected chi connectivity index (χ0v) is 14.9. The van der Waals surface area contributed by atoms with Crippen LogP contribution in [0.5, 0.6) is 0 Å². The van der Waals surface area contributed by atoms with Gasteiger partial charge in [0.2, 0.25) is 0 Å². The highest BCUT2D eigenvalue weighted by atomic mass is 16.6. The number of nitrogens with one attached hydrogen (secondary N) is 1. The van der Waals surface area contributed by atoms with Crippen molar-refractivity contribution in [2.45, 2.75) is 59.6 Å². The summed E-state index contributed by atoms with van der Waals surface area (Å²) < 4.78 is 10.3. The summed E-state index contributed by atoms with van der Waals surface area (Å²) in [6.45, 7) is 11.3. The molecule has 128 valence electrons. The molecular weight excluding hydrogens is 294 g/mol. The van der Waals surface area contributed by atoms with Gasteiger partial charge in [0.15, 0.2) is 0 Å². The van der Waals surface area contributed by atoms with Crippen molar-refractivity contribution in [2.24, 2.45) is 0 Å². The Hall–Kier alpha value is -2.04. The average Bonchev–Trinajstić information content (AvgIpc) is 2.40. The molecule has 0 aliphatic rings. The van der Waals surface area contributed by atoms with Crippen LogP contribution in [0.15, 0.2) is 18.2 Å². The Kier molecular flexibility index (Phi) is 6.61. The summed E-state index contributed by atoms with van der Waals surface area (Å²) in [5.41, 5.74) is 2.55. The van der Waals surface area contributed by atoms with Gasteiger partial charge in [-0.3, -0.25) is 0 Å². The fourth-order valence-corrected chi connectivity index (χ4v) is 2.26. The van der Waals surface area contributed by atoms with Gasteiger partial charge in [-0.1, -0.05) is 18.2 Å². The average molecular weight is 321 g/mol. The minimum atomic E-state index is -0.774. The maximum absolute atomic E-state index is 12.2. The number of hydrogen-bond donors (Lipinski definition) is 1.